The molecule has 0 fully saturated rings. The molecule has 0 aliphatic rings. The Morgan fingerprint density at radius 3 is 2.38 bits per heavy atom. The number of nitrogens with one attached hydrogen (secondary N) is 1. The number of rotatable bonds is 4. The van der Waals surface area contributed by atoms with E-state index in [1.807, 2.05) is 20.8 Å². The van der Waals surface area contributed by atoms with E-state index in [4.69, 9.17) is 9.47 Å². The van der Waals surface area contributed by atoms with Crippen LogP contribution in [0.2, 0.25) is 0 Å². The number of halogens is 1. The molecule has 5 nitrogen and oxygen atoms in total. The van der Waals surface area contributed by atoms with E-state index in [-0.39, 0.29) is 11.3 Å². The van der Waals surface area contributed by atoms with Crippen molar-refractivity contribution >= 4 is 11.9 Å². The zero-order valence-corrected chi connectivity index (χ0v) is 12.8. The average Bonchev–Trinajstić information content (AvgIpc) is 2.36. The van der Waals surface area contributed by atoms with Crippen LogP contribution in [0, 0.1) is 5.82 Å². The van der Waals surface area contributed by atoms with Gasteiger partial charge in [0.15, 0.2) is 17.7 Å². The van der Waals surface area contributed by atoms with Crippen molar-refractivity contribution in [2.75, 3.05) is 7.11 Å². The molecule has 0 unspecified atom stereocenters. The minimum Gasteiger partial charge on any atom is -0.494 e. The molecule has 0 radical (unpaired) electrons. The second kappa shape index (κ2) is 6.56. The van der Waals surface area contributed by atoms with E-state index in [1.165, 1.54) is 26.2 Å². The Labute approximate surface area is 123 Å². The molecule has 0 aliphatic heterocycles. The van der Waals surface area contributed by atoms with Gasteiger partial charge in [0.05, 0.1) is 12.7 Å². The van der Waals surface area contributed by atoms with E-state index in [1.54, 1.807) is 0 Å². The molecule has 1 aromatic rings. The number of amides is 1. The Morgan fingerprint density at radius 2 is 1.90 bits per heavy atom. The predicted octanol–water partition coefficient (Wildman–Crippen LogP) is 2.29. The molecule has 1 amide bonds. The van der Waals surface area contributed by atoms with Gasteiger partial charge in [0, 0.05) is 5.54 Å². The van der Waals surface area contributed by atoms with Gasteiger partial charge in [-0.05, 0) is 45.9 Å². The van der Waals surface area contributed by atoms with Crippen LogP contribution in [-0.2, 0) is 9.53 Å². The zero-order valence-electron chi connectivity index (χ0n) is 12.8. The summed E-state index contributed by atoms with van der Waals surface area (Å²) in [5.74, 6) is -1.82. The van der Waals surface area contributed by atoms with Crippen LogP contribution in [0.1, 0.15) is 38.1 Å². The van der Waals surface area contributed by atoms with Gasteiger partial charge in [0.25, 0.3) is 5.91 Å². The van der Waals surface area contributed by atoms with Crippen molar-refractivity contribution < 1.29 is 23.5 Å². The summed E-state index contributed by atoms with van der Waals surface area (Å²) >= 11 is 0. The van der Waals surface area contributed by atoms with Gasteiger partial charge in [-0.25, -0.2) is 9.18 Å². The van der Waals surface area contributed by atoms with Crippen molar-refractivity contribution in [2.45, 2.75) is 39.3 Å². The minimum atomic E-state index is -0.970. The van der Waals surface area contributed by atoms with Gasteiger partial charge in [-0.1, -0.05) is 0 Å². The number of hydrogen-bond donors (Lipinski definition) is 1. The third kappa shape index (κ3) is 5.06. The Hall–Kier alpha value is -2.11. The predicted molar refractivity (Wildman–Crippen MR) is 75.7 cm³/mol. The smallest absolute Gasteiger partial charge is 0.339 e. The van der Waals surface area contributed by atoms with Crippen molar-refractivity contribution in [3.05, 3.63) is 29.6 Å². The lowest BCUT2D eigenvalue weighted by molar-refractivity contribution is -0.130. The molecule has 1 atom stereocenters. The maximum atomic E-state index is 13.5. The van der Waals surface area contributed by atoms with Gasteiger partial charge in [0.2, 0.25) is 0 Å². The summed E-state index contributed by atoms with van der Waals surface area (Å²) in [6.45, 7) is 6.91. The van der Waals surface area contributed by atoms with Crippen molar-refractivity contribution in [3.63, 3.8) is 0 Å². The lowest BCUT2D eigenvalue weighted by Gasteiger charge is -2.23. The maximum Gasteiger partial charge on any atom is 0.339 e. The van der Waals surface area contributed by atoms with Crippen LogP contribution >= 0.6 is 0 Å². The van der Waals surface area contributed by atoms with Gasteiger partial charge in [0.1, 0.15) is 0 Å². The number of esters is 1. The first-order chi connectivity index (χ1) is 9.64. The summed E-state index contributed by atoms with van der Waals surface area (Å²) in [6, 6.07) is 3.71. The third-order valence-electron chi connectivity index (χ3n) is 2.54. The molecule has 1 aromatic carbocycles. The van der Waals surface area contributed by atoms with Crippen LogP contribution in [0.3, 0.4) is 0 Å². The van der Waals surface area contributed by atoms with Crippen LogP contribution in [0.5, 0.6) is 5.75 Å². The van der Waals surface area contributed by atoms with Crippen LogP contribution in [0.4, 0.5) is 4.39 Å². The minimum absolute atomic E-state index is 0.0173. The topological polar surface area (TPSA) is 64.6 Å². The Kier molecular flexibility index (Phi) is 5.29. The highest BCUT2D eigenvalue weighted by atomic mass is 19.1. The van der Waals surface area contributed by atoms with Crippen molar-refractivity contribution in [1.29, 1.82) is 0 Å². The number of carbonyl (C=O) groups is 2. The molecule has 0 heterocycles. The molecule has 0 saturated heterocycles. The standard InChI is InChI=1S/C15H20FNO4/c1-9(13(18)17-15(2,3)4)21-14(19)10-6-7-12(20-5)11(16)8-10/h6-9H,1-5H3,(H,17,18)/t9-/m1/s1. The SMILES string of the molecule is COc1ccc(C(=O)O[C@H](C)C(=O)NC(C)(C)C)cc1F. The highest BCUT2D eigenvalue weighted by molar-refractivity contribution is 5.92. The number of hydrogen-bond acceptors (Lipinski definition) is 4. The molecule has 21 heavy (non-hydrogen) atoms. The largest absolute Gasteiger partial charge is 0.494 e. The third-order valence-corrected chi connectivity index (χ3v) is 2.54. The van der Waals surface area contributed by atoms with E-state index >= 15 is 0 Å². The van der Waals surface area contributed by atoms with Crippen molar-refractivity contribution in [1.82, 2.24) is 5.32 Å². The number of ether oxygens (including phenoxy) is 2. The molecule has 0 aliphatic carbocycles. The lowest BCUT2D eigenvalue weighted by atomic mass is 10.1. The van der Waals surface area contributed by atoms with E-state index < -0.39 is 29.3 Å². The fourth-order valence-electron chi connectivity index (χ4n) is 1.55. The Morgan fingerprint density at radius 1 is 1.29 bits per heavy atom. The van der Waals surface area contributed by atoms with E-state index in [0.29, 0.717) is 0 Å². The summed E-state index contributed by atoms with van der Waals surface area (Å²) in [4.78, 5) is 23.7. The molecule has 0 saturated carbocycles. The first kappa shape index (κ1) is 16.9. The molecule has 1 rings (SSSR count). The van der Waals surface area contributed by atoms with Crippen LogP contribution in [-0.4, -0.2) is 30.6 Å². The molecule has 6 heteroatoms. The Balaban J connectivity index is 2.72. The molecule has 0 bridgehead atoms. The van der Waals surface area contributed by atoms with E-state index in [2.05, 4.69) is 5.32 Å². The van der Waals surface area contributed by atoms with Gasteiger partial charge in [-0.15, -0.1) is 0 Å². The van der Waals surface area contributed by atoms with Crippen molar-refractivity contribution in [3.8, 4) is 5.75 Å². The molecular weight excluding hydrogens is 277 g/mol. The number of benzene rings is 1. The van der Waals surface area contributed by atoms with Crippen molar-refractivity contribution in [2.24, 2.45) is 0 Å². The molecule has 116 valence electrons. The highest BCUT2D eigenvalue weighted by Crippen LogP contribution is 2.18. The number of carbonyl (C=O) groups excluding carboxylic acids is 2. The monoisotopic (exact) mass is 297 g/mol. The van der Waals surface area contributed by atoms with E-state index in [0.717, 1.165) is 6.07 Å². The summed E-state index contributed by atoms with van der Waals surface area (Å²) in [5.41, 5.74) is -0.409. The first-order valence-electron chi connectivity index (χ1n) is 6.50. The number of methoxy groups -OCH3 is 1. The van der Waals surface area contributed by atoms with Crippen LogP contribution in [0.25, 0.3) is 0 Å². The van der Waals surface area contributed by atoms with Gasteiger partial charge in [-0.2, -0.15) is 0 Å². The normalized spacial score (nSPS) is 12.5. The van der Waals surface area contributed by atoms with E-state index in [9.17, 15) is 14.0 Å². The van der Waals surface area contributed by atoms with Gasteiger partial charge < -0.3 is 14.8 Å². The highest BCUT2D eigenvalue weighted by Gasteiger charge is 2.23. The lowest BCUT2D eigenvalue weighted by Crippen LogP contribution is -2.46. The zero-order chi connectivity index (χ0) is 16.2. The second-order valence-corrected chi connectivity index (χ2v) is 5.64. The summed E-state index contributed by atoms with van der Waals surface area (Å²) in [7, 11) is 1.33. The van der Waals surface area contributed by atoms with Crippen LogP contribution < -0.4 is 10.1 Å². The summed E-state index contributed by atoms with van der Waals surface area (Å²) in [6.07, 6.45) is -0.970. The summed E-state index contributed by atoms with van der Waals surface area (Å²) < 4.78 is 23.3. The molecule has 0 spiro atoms. The molecule has 0 aromatic heterocycles. The maximum absolute atomic E-state index is 13.5. The fraction of sp³-hybridized carbons (Fsp3) is 0.467. The van der Waals surface area contributed by atoms with Gasteiger partial charge in [-0.3, -0.25) is 4.79 Å². The van der Waals surface area contributed by atoms with Gasteiger partial charge >= 0.3 is 5.97 Å². The molecular formula is C15H20FNO4. The second-order valence-electron chi connectivity index (χ2n) is 5.64. The quantitative estimate of drug-likeness (QED) is 0.866. The molecule has 1 N–H and O–H groups in total. The average molecular weight is 297 g/mol. The first-order valence-corrected chi connectivity index (χ1v) is 6.50. The Bertz CT molecular complexity index is 537. The fourth-order valence-corrected chi connectivity index (χ4v) is 1.55. The van der Waals surface area contributed by atoms with Crippen LogP contribution in [0.15, 0.2) is 18.2 Å². The summed E-state index contributed by atoms with van der Waals surface area (Å²) in [5, 5.41) is 2.70.